The Morgan fingerprint density at radius 1 is 0.864 bits per heavy atom. The van der Waals surface area contributed by atoms with E-state index in [4.69, 9.17) is 0 Å². The topological polar surface area (TPSA) is 15.3 Å². The summed E-state index contributed by atoms with van der Waals surface area (Å²) in [6, 6.07) is -0.0879. The van der Waals surface area contributed by atoms with Crippen molar-refractivity contribution < 1.29 is 4.39 Å². The van der Waals surface area contributed by atoms with Crippen molar-refractivity contribution in [2.24, 2.45) is 0 Å². The molecule has 1 N–H and O–H groups in total. The summed E-state index contributed by atoms with van der Waals surface area (Å²) in [5.74, 6) is 0. The van der Waals surface area contributed by atoms with Gasteiger partial charge < -0.3 is 5.32 Å². The highest BCUT2D eigenvalue weighted by Gasteiger charge is 2.26. The Balaban J connectivity index is 0.00000220. The quantitative estimate of drug-likeness (QED) is 0.886. The number of nitrogens with one attached hydrogen (secondary N) is 1. The fourth-order valence-electron chi connectivity index (χ4n) is 3.38. The molecule has 22 heavy (non-hydrogen) atoms. The first-order valence-electron chi connectivity index (χ1n) is 7.56. The normalized spacial score (nSPS) is 16.6. The second-order valence-corrected chi connectivity index (χ2v) is 5.99. The maximum Gasteiger partial charge on any atom is 0.109 e. The number of alkyl halides is 1. The van der Waals surface area contributed by atoms with E-state index in [0.717, 1.165) is 26.2 Å². The van der Waals surface area contributed by atoms with E-state index < -0.39 is 0 Å². The van der Waals surface area contributed by atoms with Crippen molar-refractivity contribution in [2.45, 2.75) is 40.7 Å². The van der Waals surface area contributed by atoms with Crippen molar-refractivity contribution in [1.29, 1.82) is 0 Å². The molecule has 0 radical (unpaired) electrons. The van der Waals surface area contributed by atoms with E-state index in [1.807, 2.05) is 0 Å². The number of hydrogen-bond donors (Lipinski definition) is 1. The lowest BCUT2D eigenvalue weighted by Crippen LogP contribution is -2.46. The van der Waals surface area contributed by atoms with Crippen LogP contribution >= 0.6 is 24.8 Å². The average Bonchev–Trinajstić information content (AvgIpc) is 2.48. The summed E-state index contributed by atoms with van der Waals surface area (Å²) >= 11 is 0. The molecule has 2 nitrogen and oxygen atoms in total. The van der Waals surface area contributed by atoms with E-state index in [1.165, 1.54) is 33.4 Å². The SMILES string of the molecule is Cc1c(C)c(C)c([C@H](CF)N2CCNCC2)c(C)c1C.Cl.Cl. The molecule has 0 spiro atoms. The highest BCUT2D eigenvalue weighted by atomic mass is 35.5. The molecule has 0 aliphatic carbocycles. The first-order chi connectivity index (χ1) is 9.49. The Morgan fingerprint density at radius 3 is 1.68 bits per heavy atom. The van der Waals surface area contributed by atoms with Crippen LogP contribution in [-0.2, 0) is 0 Å². The van der Waals surface area contributed by atoms with Crippen LogP contribution in [0.15, 0.2) is 0 Å². The van der Waals surface area contributed by atoms with Crippen LogP contribution in [0.1, 0.15) is 39.4 Å². The molecule has 0 saturated carbocycles. The molecule has 1 saturated heterocycles. The molecular formula is C17H29Cl2FN2. The van der Waals surface area contributed by atoms with Crippen LogP contribution in [0, 0.1) is 34.6 Å². The molecule has 0 bridgehead atoms. The van der Waals surface area contributed by atoms with Crippen LogP contribution in [-0.4, -0.2) is 37.8 Å². The predicted octanol–water partition coefficient (Wildman–Crippen LogP) is 3.99. The third-order valence-corrected chi connectivity index (χ3v) is 5.13. The van der Waals surface area contributed by atoms with E-state index in [2.05, 4.69) is 44.8 Å². The average molecular weight is 351 g/mol. The molecule has 1 aliphatic rings. The molecule has 0 amide bonds. The zero-order valence-corrected chi connectivity index (χ0v) is 15.9. The van der Waals surface area contributed by atoms with E-state index in [0.29, 0.717) is 0 Å². The van der Waals surface area contributed by atoms with Crippen LogP contribution in [0.25, 0.3) is 0 Å². The van der Waals surface area contributed by atoms with Crippen LogP contribution in [0.4, 0.5) is 4.39 Å². The zero-order chi connectivity index (χ0) is 14.9. The van der Waals surface area contributed by atoms with Crippen molar-refractivity contribution in [1.82, 2.24) is 10.2 Å². The van der Waals surface area contributed by atoms with Crippen LogP contribution < -0.4 is 5.32 Å². The Morgan fingerprint density at radius 2 is 1.27 bits per heavy atom. The minimum atomic E-state index is -0.302. The van der Waals surface area contributed by atoms with Crippen molar-refractivity contribution in [3.05, 3.63) is 33.4 Å². The lowest BCUT2D eigenvalue weighted by atomic mass is 9.86. The van der Waals surface area contributed by atoms with E-state index in [1.54, 1.807) is 0 Å². The van der Waals surface area contributed by atoms with Gasteiger partial charge >= 0.3 is 0 Å². The van der Waals surface area contributed by atoms with Gasteiger partial charge in [0.1, 0.15) is 6.67 Å². The third kappa shape index (κ3) is 3.94. The van der Waals surface area contributed by atoms with Crippen molar-refractivity contribution in [3.8, 4) is 0 Å². The standard InChI is InChI=1S/C17H27FN2.2ClH/c1-11-12(2)14(4)17(15(5)13(11)3)16(10-18)20-8-6-19-7-9-20;;/h16,19H,6-10H2,1-5H3;2*1H/t16-;;/m0../s1. The number of benzene rings is 1. The Kier molecular flexibility index (Phi) is 8.93. The van der Waals surface area contributed by atoms with Crippen molar-refractivity contribution in [3.63, 3.8) is 0 Å². The van der Waals surface area contributed by atoms with Gasteiger partial charge in [0, 0.05) is 26.2 Å². The zero-order valence-electron chi connectivity index (χ0n) is 14.3. The van der Waals surface area contributed by atoms with E-state index in [-0.39, 0.29) is 37.5 Å². The second-order valence-electron chi connectivity index (χ2n) is 5.99. The van der Waals surface area contributed by atoms with Gasteiger partial charge in [-0.1, -0.05) is 0 Å². The smallest absolute Gasteiger partial charge is 0.109 e. The summed E-state index contributed by atoms with van der Waals surface area (Å²) in [6.45, 7) is 14.3. The van der Waals surface area contributed by atoms with Gasteiger partial charge in [0.2, 0.25) is 0 Å². The lowest BCUT2D eigenvalue weighted by molar-refractivity contribution is 0.146. The van der Waals surface area contributed by atoms with Gasteiger partial charge in [-0.05, 0) is 68.0 Å². The molecule has 1 aliphatic heterocycles. The van der Waals surface area contributed by atoms with Gasteiger partial charge in [0.25, 0.3) is 0 Å². The third-order valence-electron chi connectivity index (χ3n) is 5.13. The molecule has 1 atom stereocenters. The monoisotopic (exact) mass is 350 g/mol. The summed E-state index contributed by atoms with van der Waals surface area (Å²) in [7, 11) is 0. The molecule has 1 aromatic rings. The summed E-state index contributed by atoms with van der Waals surface area (Å²) in [5.41, 5.74) is 7.74. The molecule has 1 aromatic carbocycles. The molecular weight excluding hydrogens is 322 g/mol. The Labute approximate surface area is 146 Å². The minimum Gasteiger partial charge on any atom is -0.314 e. The van der Waals surface area contributed by atoms with Gasteiger partial charge in [-0.2, -0.15) is 0 Å². The second kappa shape index (κ2) is 9.07. The minimum absolute atomic E-state index is 0. The van der Waals surface area contributed by atoms with Crippen LogP contribution in [0.5, 0.6) is 0 Å². The number of rotatable bonds is 3. The number of nitrogens with zero attached hydrogens (tertiary/aromatic N) is 1. The van der Waals surface area contributed by atoms with Gasteiger partial charge in [-0.3, -0.25) is 4.90 Å². The lowest BCUT2D eigenvalue weighted by Gasteiger charge is -2.36. The molecule has 0 unspecified atom stereocenters. The molecule has 1 fully saturated rings. The molecule has 1 heterocycles. The summed E-state index contributed by atoms with van der Waals surface area (Å²) in [6.07, 6.45) is 0. The first-order valence-corrected chi connectivity index (χ1v) is 7.56. The van der Waals surface area contributed by atoms with Crippen LogP contribution in [0.3, 0.4) is 0 Å². The summed E-state index contributed by atoms with van der Waals surface area (Å²) in [4.78, 5) is 2.29. The first kappa shape index (κ1) is 21.6. The highest BCUT2D eigenvalue weighted by Crippen LogP contribution is 2.33. The van der Waals surface area contributed by atoms with Crippen molar-refractivity contribution >= 4 is 24.8 Å². The maximum atomic E-state index is 13.8. The summed E-state index contributed by atoms with van der Waals surface area (Å²) in [5, 5.41) is 3.34. The Hall–Kier alpha value is -0.350. The van der Waals surface area contributed by atoms with Gasteiger partial charge in [-0.15, -0.1) is 24.8 Å². The van der Waals surface area contributed by atoms with Crippen molar-refractivity contribution in [2.75, 3.05) is 32.9 Å². The molecule has 0 aromatic heterocycles. The summed E-state index contributed by atoms with van der Waals surface area (Å²) < 4.78 is 13.8. The molecule has 128 valence electrons. The van der Waals surface area contributed by atoms with Gasteiger partial charge in [0.05, 0.1) is 6.04 Å². The van der Waals surface area contributed by atoms with Gasteiger partial charge in [-0.25, -0.2) is 4.39 Å². The molecule has 5 heteroatoms. The highest BCUT2D eigenvalue weighted by molar-refractivity contribution is 5.85. The number of hydrogen-bond acceptors (Lipinski definition) is 2. The largest absolute Gasteiger partial charge is 0.314 e. The fourth-order valence-corrected chi connectivity index (χ4v) is 3.38. The van der Waals surface area contributed by atoms with Crippen LogP contribution in [0.2, 0.25) is 0 Å². The van der Waals surface area contributed by atoms with Gasteiger partial charge in [0.15, 0.2) is 0 Å². The predicted molar refractivity (Wildman–Crippen MR) is 97.8 cm³/mol. The van der Waals surface area contributed by atoms with E-state index in [9.17, 15) is 4.39 Å². The fraction of sp³-hybridized carbons (Fsp3) is 0.647. The number of piperazine rings is 1. The van der Waals surface area contributed by atoms with E-state index >= 15 is 0 Å². The number of halogens is 3. The maximum absolute atomic E-state index is 13.8. The molecule has 2 rings (SSSR count). The Bertz CT molecular complexity index is 471.